The van der Waals surface area contributed by atoms with E-state index in [0.29, 0.717) is 22.3 Å². The first kappa shape index (κ1) is 62.4. The second-order valence-electron chi connectivity index (χ2n) is 21.3. The summed E-state index contributed by atoms with van der Waals surface area (Å²) in [7, 11) is 0. The third-order valence-corrected chi connectivity index (χ3v) is 12.0. The average molecular weight is 1110 g/mol. The van der Waals surface area contributed by atoms with Gasteiger partial charge in [-0.15, -0.1) is 0 Å². The first-order valence-corrected chi connectivity index (χ1v) is 26.6. The number of carbonyl (C=O) groups is 8. The van der Waals surface area contributed by atoms with Gasteiger partial charge in [0.2, 0.25) is 23.6 Å². The van der Waals surface area contributed by atoms with Crippen LogP contribution < -0.4 is 42.5 Å². The summed E-state index contributed by atoms with van der Waals surface area (Å²) in [5, 5.41) is 43.4. The van der Waals surface area contributed by atoms with Crippen LogP contribution in [0.1, 0.15) is 95.9 Å². The van der Waals surface area contributed by atoms with Crippen molar-refractivity contribution in [3.05, 3.63) is 125 Å². The Bertz CT molecular complexity index is 2720. The van der Waals surface area contributed by atoms with Crippen LogP contribution in [0.4, 0.5) is 19.2 Å². The molecule has 22 nitrogen and oxygen atoms in total. The van der Waals surface area contributed by atoms with Gasteiger partial charge in [-0.1, -0.05) is 91.0 Å². The Labute approximate surface area is 466 Å². The number of amides is 8. The number of rotatable bonds is 21. The number of hydrogen-bond donors (Lipinski definition) is 10. The predicted molar refractivity (Wildman–Crippen MR) is 295 cm³/mol. The third-order valence-electron chi connectivity index (χ3n) is 12.0. The van der Waals surface area contributed by atoms with Crippen LogP contribution in [-0.2, 0) is 64.2 Å². The first-order valence-electron chi connectivity index (χ1n) is 26.6. The van der Waals surface area contributed by atoms with Gasteiger partial charge in [0.1, 0.15) is 48.3 Å². The first-order chi connectivity index (χ1) is 38.0. The highest BCUT2D eigenvalue weighted by Gasteiger charge is 2.32. The fourth-order valence-corrected chi connectivity index (χ4v) is 8.19. The van der Waals surface area contributed by atoms with Gasteiger partial charge in [-0.3, -0.25) is 19.2 Å². The highest BCUT2D eigenvalue weighted by atomic mass is 16.6. The number of aromatic hydroxyl groups is 1. The van der Waals surface area contributed by atoms with Gasteiger partial charge in [0.05, 0.1) is 6.10 Å². The number of benzene rings is 4. The van der Waals surface area contributed by atoms with E-state index in [4.69, 9.17) is 18.9 Å². The summed E-state index contributed by atoms with van der Waals surface area (Å²) in [6.07, 6.45) is -4.42. The molecule has 0 saturated heterocycles. The molecular weight excluding hydrogens is 1030 g/mol. The van der Waals surface area contributed by atoms with Gasteiger partial charge in [-0.25, -0.2) is 19.2 Å². The number of carbonyl (C=O) groups excluding carboxylic acids is 8. The molecule has 0 aromatic heterocycles. The number of fused-ring (bicyclic) bond motifs is 5. The summed E-state index contributed by atoms with van der Waals surface area (Å²) in [5.41, 5.74) is 2.23. The maximum absolute atomic E-state index is 14.4. The zero-order chi connectivity index (χ0) is 58.2. The standard InChI is InChI=1S/C58H76N8O14/c1-57(2,3)79-54(74)60-27-15-23-46-51(71)63-43(29-39-20-13-21-40(28-39)41-24-25-48(68)42(30-41)31-47(52(72)64-46)66-56(76)80-58(4,5)6)32-49(69)61-33-44(67)34-62-50(70)45(65-55(75)78-36-38-18-11-8-12-19-38)22-14-26-59-53(73)77-35-37-16-9-7-10-17-37/h7-13,16-21,24-25,28,30,43-47,67-68H,14-15,22-23,26-27,29,31-36H2,1-6H3,(H,59,73)(H,60,74)(H,61,69)(H,62,70)(H,63,71)(H,64,72)(H,65,75)(H,66,76)/t43-,44?,45-,46-,47-/m0/s1. The van der Waals surface area contributed by atoms with E-state index in [2.05, 4.69) is 42.5 Å². The van der Waals surface area contributed by atoms with E-state index >= 15 is 0 Å². The maximum atomic E-state index is 14.4. The Kier molecular flexibility index (Phi) is 23.9. The molecule has 80 heavy (non-hydrogen) atoms. The van der Waals surface area contributed by atoms with E-state index in [1.807, 2.05) is 54.6 Å². The number of nitrogens with one attached hydrogen (secondary N) is 8. The zero-order valence-corrected chi connectivity index (χ0v) is 46.2. The van der Waals surface area contributed by atoms with Crippen molar-refractivity contribution in [2.75, 3.05) is 26.2 Å². The van der Waals surface area contributed by atoms with E-state index in [1.165, 1.54) is 6.07 Å². The van der Waals surface area contributed by atoms with Crippen molar-refractivity contribution in [1.82, 2.24) is 42.5 Å². The lowest BCUT2D eigenvalue weighted by atomic mass is 9.95. The van der Waals surface area contributed by atoms with Crippen molar-refractivity contribution in [1.29, 1.82) is 0 Å². The molecular formula is C58H76N8O14. The Balaban J connectivity index is 1.27. The lowest BCUT2D eigenvalue weighted by Crippen LogP contribution is -2.56. The van der Waals surface area contributed by atoms with Crippen LogP contribution in [0.15, 0.2) is 103 Å². The summed E-state index contributed by atoms with van der Waals surface area (Å²) in [5.74, 6) is -2.87. The van der Waals surface area contributed by atoms with Crippen molar-refractivity contribution < 1.29 is 67.5 Å². The largest absolute Gasteiger partial charge is 0.508 e. The molecule has 0 saturated carbocycles. The molecule has 1 aliphatic heterocycles. The van der Waals surface area contributed by atoms with Crippen molar-refractivity contribution in [2.45, 2.75) is 141 Å². The molecule has 4 bridgehead atoms. The Morgan fingerprint density at radius 2 is 1.24 bits per heavy atom. The van der Waals surface area contributed by atoms with E-state index in [1.54, 1.807) is 84.0 Å². The molecule has 8 amide bonds. The highest BCUT2D eigenvalue weighted by Crippen LogP contribution is 2.29. The number of ether oxygens (including phenoxy) is 4. The van der Waals surface area contributed by atoms with E-state index in [9.17, 15) is 48.6 Å². The molecule has 10 N–H and O–H groups in total. The zero-order valence-electron chi connectivity index (χ0n) is 46.2. The van der Waals surface area contributed by atoms with Crippen LogP contribution in [0, 0.1) is 0 Å². The fourth-order valence-electron chi connectivity index (χ4n) is 8.19. The Morgan fingerprint density at radius 3 is 1.90 bits per heavy atom. The Hall–Kier alpha value is -8.40. The van der Waals surface area contributed by atoms with Gasteiger partial charge in [-0.2, -0.15) is 0 Å². The van der Waals surface area contributed by atoms with Crippen LogP contribution in [0.3, 0.4) is 0 Å². The number of phenols is 1. The van der Waals surface area contributed by atoms with Gasteiger partial charge >= 0.3 is 24.4 Å². The minimum atomic E-state index is -1.36. The van der Waals surface area contributed by atoms with Gasteiger partial charge in [0.25, 0.3) is 0 Å². The highest BCUT2D eigenvalue weighted by molar-refractivity contribution is 5.92. The lowest BCUT2D eigenvalue weighted by molar-refractivity contribution is -0.131. The molecule has 0 radical (unpaired) electrons. The minimum absolute atomic E-state index is 0.0223. The molecule has 1 unspecified atom stereocenters. The summed E-state index contributed by atoms with van der Waals surface area (Å²) < 4.78 is 21.4. The molecule has 4 aromatic carbocycles. The van der Waals surface area contributed by atoms with Crippen molar-refractivity contribution >= 4 is 48.0 Å². The van der Waals surface area contributed by atoms with E-state index in [-0.39, 0.29) is 90.1 Å². The van der Waals surface area contributed by atoms with Crippen LogP contribution in [0.2, 0.25) is 0 Å². The molecule has 4 aromatic rings. The molecule has 22 heteroatoms. The topological polar surface area (TPSA) is 310 Å². The van der Waals surface area contributed by atoms with Gasteiger partial charge < -0.3 is 71.7 Å². The second-order valence-corrected chi connectivity index (χ2v) is 21.3. The third kappa shape index (κ3) is 23.3. The van der Waals surface area contributed by atoms with Crippen LogP contribution in [0.25, 0.3) is 11.1 Å². The molecule has 1 heterocycles. The number of aliphatic hydroxyl groups excluding tert-OH is 1. The molecule has 0 aliphatic carbocycles. The lowest BCUT2D eigenvalue weighted by Gasteiger charge is -2.27. The SMILES string of the molecule is CC(C)(C)OC(=O)NCCC[C@@H]1NC(=O)[C@@H](NC(=O)OC(C)(C)C)Cc2cc(ccc2O)-c2cccc(c2)C[C@@H](CC(=O)NCC(O)CNC(=O)[C@H](CCCNC(=O)OCc2ccccc2)NC(=O)OCc2ccccc2)NC1=O. The average Bonchev–Trinajstić information content (AvgIpc) is 3.43. The summed E-state index contributed by atoms with van der Waals surface area (Å²) >= 11 is 0. The molecule has 432 valence electrons. The predicted octanol–water partition coefficient (Wildman–Crippen LogP) is 5.31. The maximum Gasteiger partial charge on any atom is 0.408 e. The normalized spacial score (nSPS) is 16.3. The molecule has 5 rings (SSSR count). The summed E-state index contributed by atoms with van der Waals surface area (Å²) in [6, 6.07) is 25.5. The van der Waals surface area contributed by atoms with E-state index < -0.39 is 89.5 Å². The molecule has 1 aliphatic rings. The molecule has 0 spiro atoms. The molecule has 5 atom stereocenters. The summed E-state index contributed by atoms with van der Waals surface area (Å²) in [6.45, 7) is 9.58. The Morgan fingerprint density at radius 1 is 0.637 bits per heavy atom. The van der Waals surface area contributed by atoms with Crippen molar-refractivity contribution in [3.63, 3.8) is 0 Å². The minimum Gasteiger partial charge on any atom is -0.508 e. The van der Waals surface area contributed by atoms with Gasteiger partial charge in [0.15, 0.2) is 0 Å². The second kappa shape index (κ2) is 30.7. The number of phenolic OH excluding ortho intramolecular Hbond substituents is 1. The van der Waals surface area contributed by atoms with Crippen LogP contribution in [-0.4, -0.2) is 126 Å². The number of alkyl carbamates (subject to hydrolysis) is 4. The van der Waals surface area contributed by atoms with Crippen LogP contribution >= 0.6 is 0 Å². The van der Waals surface area contributed by atoms with Gasteiger partial charge in [0, 0.05) is 45.1 Å². The van der Waals surface area contributed by atoms with Crippen molar-refractivity contribution in [2.24, 2.45) is 0 Å². The van der Waals surface area contributed by atoms with Crippen LogP contribution in [0.5, 0.6) is 5.75 Å². The summed E-state index contributed by atoms with van der Waals surface area (Å²) in [4.78, 5) is 107. The molecule has 0 fully saturated rings. The fraction of sp³-hybridized carbons (Fsp3) is 0.448. The van der Waals surface area contributed by atoms with Crippen molar-refractivity contribution in [3.8, 4) is 16.9 Å². The smallest absolute Gasteiger partial charge is 0.408 e. The van der Waals surface area contributed by atoms with E-state index in [0.717, 1.165) is 11.1 Å². The number of aliphatic hydroxyl groups is 1. The monoisotopic (exact) mass is 1110 g/mol. The van der Waals surface area contributed by atoms with Gasteiger partial charge in [-0.05, 0) is 119 Å². The quantitative estimate of drug-likeness (QED) is 0.0374. The number of hydrogen-bond acceptors (Lipinski definition) is 14.